The van der Waals surface area contributed by atoms with E-state index in [-0.39, 0.29) is 5.57 Å². The summed E-state index contributed by atoms with van der Waals surface area (Å²) in [6.07, 6.45) is 1.54. The number of hydrogen-bond donors (Lipinski definition) is 1. The summed E-state index contributed by atoms with van der Waals surface area (Å²) in [5.74, 6) is -1.36. The van der Waals surface area contributed by atoms with Gasteiger partial charge in [0.05, 0.1) is 18.9 Å². The molecule has 8 heteroatoms. The maximum Gasteiger partial charge on any atom is 0.335 e. The minimum atomic E-state index is -0.763. The van der Waals surface area contributed by atoms with Crippen molar-refractivity contribution in [1.82, 2.24) is 5.32 Å². The van der Waals surface area contributed by atoms with Crippen molar-refractivity contribution in [2.24, 2.45) is 0 Å². The summed E-state index contributed by atoms with van der Waals surface area (Å²) < 4.78 is 6.22. The van der Waals surface area contributed by atoms with Gasteiger partial charge in [0.25, 0.3) is 11.8 Å². The average molecular weight is 456 g/mol. The second-order valence-corrected chi connectivity index (χ2v) is 7.51. The Hall–Kier alpha value is -2.97. The predicted octanol–water partition coefficient (Wildman–Crippen LogP) is 2.95. The highest BCUT2D eigenvalue weighted by atomic mass is 79.9. The number of halogens is 1. The lowest BCUT2D eigenvalue weighted by Crippen LogP contribution is -2.54. The third-order valence-electron chi connectivity index (χ3n) is 4.77. The predicted molar refractivity (Wildman–Crippen MR) is 113 cm³/mol. The molecule has 2 saturated heterocycles. The number of benzene rings is 2. The van der Waals surface area contributed by atoms with Crippen molar-refractivity contribution in [2.45, 2.75) is 0 Å². The summed E-state index contributed by atoms with van der Waals surface area (Å²) in [6, 6.07) is 13.5. The SMILES string of the molecule is O=C1NC(=O)N(c2ccc(Br)cc2)C(=O)/C1=C\c1ccccc1N1CCOCC1. The van der Waals surface area contributed by atoms with E-state index in [1.807, 2.05) is 24.3 Å². The van der Waals surface area contributed by atoms with E-state index in [0.29, 0.717) is 18.9 Å². The van der Waals surface area contributed by atoms with Crippen LogP contribution in [0.2, 0.25) is 0 Å². The number of amides is 4. The molecule has 2 aliphatic heterocycles. The molecular formula is C21H18BrN3O4. The number of anilines is 2. The fraction of sp³-hybridized carbons (Fsp3) is 0.190. The molecule has 0 aliphatic carbocycles. The van der Waals surface area contributed by atoms with Crippen molar-refractivity contribution >= 4 is 51.2 Å². The number of nitrogens with one attached hydrogen (secondary N) is 1. The number of hydrogen-bond acceptors (Lipinski definition) is 5. The van der Waals surface area contributed by atoms with Gasteiger partial charge in [-0.2, -0.15) is 0 Å². The first-order chi connectivity index (χ1) is 14.0. The van der Waals surface area contributed by atoms with Crippen LogP contribution in [0.5, 0.6) is 0 Å². The molecule has 0 unspecified atom stereocenters. The van der Waals surface area contributed by atoms with E-state index in [1.165, 1.54) is 0 Å². The normalized spacial score (nSPS) is 18.9. The van der Waals surface area contributed by atoms with E-state index in [0.717, 1.165) is 33.7 Å². The Morgan fingerprint density at radius 2 is 1.66 bits per heavy atom. The summed E-state index contributed by atoms with van der Waals surface area (Å²) in [6.45, 7) is 2.69. The Bertz CT molecular complexity index is 997. The van der Waals surface area contributed by atoms with E-state index >= 15 is 0 Å². The minimum Gasteiger partial charge on any atom is -0.378 e. The van der Waals surface area contributed by atoms with Gasteiger partial charge in [0.1, 0.15) is 5.57 Å². The average Bonchev–Trinajstić information content (AvgIpc) is 2.73. The molecule has 2 aromatic rings. The summed E-state index contributed by atoms with van der Waals surface area (Å²) >= 11 is 3.33. The van der Waals surface area contributed by atoms with Crippen molar-refractivity contribution < 1.29 is 19.1 Å². The van der Waals surface area contributed by atoms with E-state index in [1.54, 1.807) is 30.3 Å². The number of para-hydroxylation sites is 1. The molecule has 0 radical (unpaired) electrons. The fourth-order valence-corrected chi connectivity index (χ4v) is 3.60. The Morgan fingerprint density at radius 1 is 0.966 bits per heavy atom. The molecule has 0 aromatic heterocycles. The number of carbonyl (C=O) groups is 3. The largest absolute Gasteiger partial charge is 0.378 e. The summed E-state index contributed by atoms with van der Waals surface area (Å²) in [4.78, 5) is 40.9. The molecule has 148 valence electrons. The van der Waals surface area contributed by atoms with Gasteiger partial charge in [0.2, 0.25) is 0 Å². The number of nitrogens with zero attached hydrogens (tertiary/aromatic N) is 2. The minimum absolute atomic E-state index is 0.0896. The molecule has 7 nitrogen and oxygen atoms in total. The van der Waals surface area contributed by atoms with Gasteiger partial charge < -0.3 is 9.64 Å². The quantitative estimate of drug-likeness (QED) is 0.568. The van der Waals surface area contributed by atoms with Crippen molar-refractivity contribution in [2.75, 3.05) is 36.1 Å². The van der Waals surface area contributed by atoms with Gasteiger partial charge >= 0.3 is 6.03 Å². The fourth-order valence-electron chi connectivity index (χ4n) is 3.34. The van der Waals surface area contributed by atoms with Crippen LogP contribution in [0, 0.1) is 0 Å². The lowest BCUT2D eigenvalue weighted by atomic mass is 10.0. The first kappa shape index (κ1) is 19.4. The molecule has 0 atom stereocenters. The number of ether oxygens (including phenoxy) is 1. The Labute approximate surface area is 176 Å². The lowest BCUT2D eigenvalue weighted by Gasteiger charge is -2.30. The Morgan fingerprint density at radius 3 is 2.38 bits per heavy atom. The second kappa shape index (κ2) is 8.18. The van der Waals surface area contributed by atoms with Crippen molar-refractivity contribution in [3.8, 4) is 0 Å². The van der Waals surface area contributed by atoms with Crippen LogP contribution < -0.4 is 15.1 Å². The van der Waals surface area contributed by atoms with E-state index < -0.39 is 17.8 Å². The zero-order valence-corrected chi connectivity index (χ0v) is 17.0. The van der Waals surface area contributed by atoms with Crippen molar-refractivity contribution in [1.29, 1.82) is 0 Å². The highest BCUT2D eigenvalue weighted by Crippen LogP contribution is 2.27. The van der Waals surface area contributed by atoms with Crippen molar-refractivity contribution in [3.05, 3.63) is 64.1 Å². The Balaban J connectivity index is 1.71. The number of urea groups is 1. The standard InChI is InChI=1S/C21H18BrN3O4/c22-15-5-7-16(8-6-15)25-20(27)17(19(26)23-21(25)28)13-14-3-1-2-4-18(14)24-9-11-29-12-10-24/h1-8,13H,9-12H2,(H,23,26,28)/b17-13-. The number of morpholine rings is 1. The molecular weight excluding hydrogens is 438 g/mol. The molecule has 1 N–H and O–H groups in total. The molecule has 0 bridgehead atoms. The number of barbiturate groups is 1. The van der Waals surface area contributed by atoms with Crippen LogP contribution in [0.25, 0.3) is 6.08 Å². The molecule has 0 spiro atoms. The topological polar surface area (TPSA) is 79.0 Å². The van der Waals surface area contributed by atoms with Crippen LogP contribution in [-0.4, -0.2) is 44.1 Å². The van der Waals surface area contributed by atoms with Crippen LogP contribution in [0.1, 0.15) is 5.56 Å². The number of rotatable bonds is 3. The molecule has 0 saturated carbocycles. The summed E-state index contributed by atoms with van der Waals surface area (Å²) in [5.41, 5.74) is 1.94. The maximum absolute atomic E-state index is 13.1. The van der Waals surface area contributed by atoms with Crippen LogP contribution in [0.3, 0.4) is 0 Å². The molecule has 2 fully saturated rings. The van der Waals surface area contributed by atoms with Gasteiger partial charge in [0, 0.05) is 23.2 Å². The molecule has 2 aromatic carbocycles. The third kappa shape index (κ3) is 3.94. The van der Waals surface area contributed by atoms with Crippen LogP contribution in [0.4, 0.5) is 16.2 Å². The van der Waals surface area contributed by atoms with Gasteiger partial charge in [-0.3, -0.25) is 14.9 Å². The first-order valence-corrected chi connectivity index (χ1v) is 9.92. The summed E-state index contributed by atoms with van der Waals surface area (Å²) in [7, 11) is 0. The number of imide groups is 2. The van der Waals surface area contributed by atoms with E-state index in [9.17, 15) is 14.4 Å². The van der Waals surface area contributed by atoms with Crippen LogP contribution in [-0.2, 0) is 14.3 Å². The number of carbonyl (C=O) groups excluding carboxylic acids is 3. The molecule has 4 amide bonds. The van der Waals surface area contributed by atoms with Crippen LogP contribution >= 0.6 is 15.9 Å². The zero-order chi connectivity index (χ0) is 20.4. The van der Waals surface area contributed by atoms with Gasteiger partial charge in [-0.15, -0.1) is 0 Å². The van der Waals surface area contributed by atoms with Crippen LogP contribution in [0.15, 0.2) is 58.6 Å². The van der Waals surface area contributed by atoms with E-state index in [2.05, 4.69) is 26.1 Å². The van der Waals surface area contributed by atoms with E-state index in [4.69, 9.17) is 4.74 Å². The second-order valence-electron chi connectivity index (χ2n) is 6.59. The maximum atomic E-state index is 13.1. The molecule has 4 rings (SSSR count). The third-order valence-corrected chi connectivity index (χ3v) is 5.30. The van der Waals surface area contributed by atoms with Gasteiger partial charge in [-0.05, 0) is 42.0 Å². The Kier molecular flexibility index (Phi) is 5.46. The highest BCUT2D eigenvalue weighted by molar-refractivity contribution is 9.10. The molecule has 2 aliphatic rings. The highest BCUT2D eigenvalue weighted by Gasteiger charge is 2.37. The smallest absolute Gasteiger partial charge is 0.335 e. The zero-order valence-electron chi connectivity index (χ0n) is 15.4. The van der Waals surface area contributed by atoms with Gasteiger partial charge in [-0.1, -0.05) is 34.1 Å². The lowest BCUT2D eigenvalue weighted by molar-refractivity contribution is -0.122. The summed E-state index contributed by atoms with van der Waals surface area (Å²) in [5, 5.41) is 2.26. The van der Waals surface area contributed by atoms with Crippen molar-refractivity contribution in [3.63, 3.8) is 0 Å². The monoisotopic (exact) mass is 455 g/mol. The van der Waals surface area contributed by atoms with Gasteiger partial charge in [-0.25, -0.2) is 9.69 Å². The van der Waals surface area contributed by atoms with Gasteiger partial charge in [0.15, 0.2) is 0 Å². The first-order valence-electron chi connectivity index (χ1n) is 9.13. The molecule has 29 heavy (non-hydrogen) atoms. The molecule has 2 heterocycles.